The summed E-state index contributed by atoms with van der Waals surface area (Å²) in [6.07, 6.45) is 0. The highest BCUT2D eigenvalue weighted by Crippen LogP contribution is 2.40. The van der Waals surface area contributed by atoms with Gasteiger partial charge < -0.3 is 19.5 Å². The fraction of sp³-hybridized carbons (Fsp3) is 1.00. The highest BCUT2D eigenvalue weighted by Gasteiger charge is 2.56. The summed E-state index contributed by atoms with van der Waals surface area (Å²) in [7, 11) is 2.10. The van der Waals surface area contributed by atoms with Gasteiger partial charge in [-0.15, -0.1) is 0 Å². The molecule has 0 aromatic rings. The first-order chi connectivity index (χ1) is 7.64. The molecule has 1 unspecified atom stereocenters. The number of rotatable bonds is 1. The Labute approximate surface area is 96.0 Å². The van der Waals surface area contributed by atoms with E-state index >= 15 is 0 Å². The highest BCUT2D eigenvalue weighted by molar-refractivity contribution is 4.93. The van der Waals surface area contributed by atoms with Gasteiger partial charge in [0, 0.05) is 25.0 Å². The van der Waals surface area contributed by atoms with Crippen molar-refractivity contribution in [3.05, 3.63) is 0 Å². The average Bonchev–Trinajstić information content (AvgIpc) is 2.31. The van der Waals surface area contributed by atoms with Gasteiger partial charge in [-0.05, 0) is 7.05 Å². The van der Waals surface area contributed by atoms with Crippen molar-refractivity contribution in [2.75, 3.05) is 46.5 Å². The summed E-state index contributed by atoms with van der Waals surface area (Å²) in [6.45, 7) is 7.21. The van der Waals surface area contributed by atoms with E-state index in [1.54, 1.807) is 0 Å². The Bertz CT molecular complexity index is 260. The fourth-order valence-corrected chi connectivity index (χ4v) is 2.56. The molecule has 4 rings (SSSR count). The first-order valence-electron chi connectivity index (χ1n) is 5.96. The van der Waals surface area contributed by atoms with Gasteiger partial charge in [0.25, 0.3) is 0 Å². The Kier molecular flexibility index (Phi) is 2.49. The number of nitrogens with zero attached hydrogens (tertiary/aromatic N) is 1. The predicted octanol–water partition coefficient (Wildman–Crippen LogP) is -0.373. The Morgan fingerprint density at radius 1 is 1.19 bits per heavy atom. The number of fused-ring (bicyclic) bond motifs is 3. The van der Waals surface area contributed by atoms with Crippen LogP contribution in [-0.4, -0.2) is 63.4 Å². The molecule has 0 aromatic carbocycles. The van der Waals surface area contributed by atoms with E-state index < -0.39 is 5.97 Å². The maximum atomic E-state index is 5.85. The van der Waals surface area contributed by atoms with Gasteiger partial charge in [-0.3, -0.25) is 4.90 Å². The lowest BCUT2D eigenvalue weighted by molar-refractivity contribution is -0.481. The lowest BCUT2D eigenvalue weighted by Gasteiger charge is -2.55. The molecule has 92 valence electrons. The lowest BCUT2D eigenvalue weighted by atomic mass is 9.91. The normalized spacial score (nSPS) is 49.5. The number of hydrogen-bond donors (Lipinski definition) is 1. The van der Waals surface area contributed by atoms with Crippen LogP contribution in [0.2, 0.25) is 0 Å². The van der Waals surface area contributed by atoms with E-state index in [2.05, 4.69) is 24.2 Å². The van der Waals surface area contributed by atoms with Crippen LogP contribution in [0.5, 0.6) is 0 Å². The van der Waals surface area contributed by atoms with Crippen molar-refractivity contribution in [1.29, 1.82) is 0 Å². The molecular formula is C11H20N2O3. The van der Waals surface area contributed by atoms with E-state index in [0.717, 1.165) is 39.5 Å². The van der Waals surface area contributed by atoms with E-state index in [1.165, 1.54) is 0 Å². The number of piperazine rings is 1. The monoisotopic (exact) mass is 228 g/mol. The molecule has 5 nitrogen and oxygen atoms in total. The van der Waals surface area contributed by atoms with Crippen LogP contribution in [0.1, 0.15) is 6.92 Å². The van der Waals surface area contributed by atoms with Crippen molar-refractivity contribution in [2.24, 2.45) is 5.41 Å². The largest absolute Gasteiger partial charge is 0.325 e. The van der Waals surface area contributed by atoms with Crippen LogP contribution >= 0.6 is 0 Å². The minimum Gasteiger partial charge on any atom is -0.325 e. The van der Waals surface area contributed by atoms with Crippen LogP contribution in [0.25, 0.3) is 0 Å². The Morgan fingerprint density at radius 2 is 1.81 bits per heavy atom. The van der Waals surface area contributed by atoms with Crippen LogP contribution < -0.4 is 5.32 Å². The van der Waals surface area contributed by atoms with E-state index in [-0.39, 0.29) is 11.5 Å². The molecule has 1 atom stereocenters. The molecule has 2 bridgehead atoms. The van der Waals surface area contributed by atoms with E-state index in [0.29, 0.717) is 0 Å². The molecule has 0 aliphatic carbocycles. The molecule has 4 aliphatic heterocycles. The third kappa shape index (κ3) is 1.58. The minimum atomic E-state index is -0.833. The van der Waals surface area contributed by atoms with Crippen LogP contribution in [0.4, 0.5) is 0 Å². The molecule has 4 aliphatic rings. The van der Waals surface area contributed by atoms with Gasteiger partial charge in [-0.25, -0.2) is 0 Å². The fourth-order valence-electron chi connectivity index (χ4n) is 2.56. The lowest BCUT2D eigenvalue weighted by Crippen LogP contribution is -2.70. The smallest absolute Gasteiger partial charge is 0.300 e. The van der Waals surface area contributed by atoms with Crippen molar-refractivity contribution in [2.45, 2.75) is 18.9 Å². The Hall–Kier alpha value is -0.200. The van der Waals surface area contributed by atoms with E-state index in [9.17, 15) is 0 Å². The molecule has 0 radical (unpaired) electrons. The summed E-state index contributed by atoms with van der Waals surface area (Å²) in [4.78, 5) is 2.25. The van der Waals surface area contributed by atoms with Gasteiger partial charge in [0.1, 0.15) is 6.04 Å². The summed E-state index contributed by atoms with van der Waals surface area (Å²) in [5.41, 5.74) is 0.0441. The van der Waals surface area contributed by atoms with Gasteiger partial charge in [0.15, 0.2) is 0 Å². The molecular weight excluding hydrogens is 208 g/mol. The molecule has 4 heterocycles. The number of nitrogens with one attached hydrogen (secondary N) is 1. The zero-order valence-corrected chi connectivity index (χ0v) is 9.99. The molecule has 4 saturated heterocycles. The van der Waals surface area contributed by atoms with Gasteiger partial charge >= 0.3 is 5.97 Å². The molecule has 0 aromatic heterocycles. The van der Waals surface area contributed by atoms with Crippen molar-refractivity contribution in [3.63, 3.8) is 0 Å². The van der Waals surface area contributed by atoms with E-state index in [1.807, 2.05) is 0 Å². The summed E-state index contributed by atoms with van der Waals surface area (Å²) in [5, 5.41) is 3.37. The maximum absolute atomic E-state index is 5.85. The second-order valence-electron chi connectivity index (χ2n) is 5.48. The quantitative estimate of drug-likeness (QED) is 0.663. The van der Waals surface area contributed by atoms with Crippen molar-refractivity contribution >= 4 is 0 Å². The third-order valence-electron chi connectivity index (χ3n) is 3.78. The number of likely N-dealkylation sites (N-methyl/N-ethyl adjacent to an activating group) is 1. The van der Waals surface area contributed by atoms with Crippen molar-refractivity contribution in [1.82, 2.24) is 10.2 Å². The van der Waals surface area contributed by atoms with Gasteiger partial charge in [0.05, 0.1) is 19.8 Å². The highest BCUT2D eigenvalue weighted by atomic mass is 16.9. The van der Waals surface area contributed by atoms with Crippen molar-refractivity contribution in [3.8, 4) is 0 Å². The Balaban J connectivity index is 1.78. The van der Waals surface area contributed by atoms with Crippen LogP contribution in [-0.2, 0) is 14.2 Å². The van der Waals surface area contributed by atoms with E-state index in [4.69, 9.17) is 14.2 Å². The standard InChI is InChI=1S/C11H20N2O3/c1-10-6-14-11(15-7-10,16-8-10)9-5-12-3-4-13(9)2/h9,12H,3-8H2,1-2H3. The summed E-state index contributed by atoms with van der Waals surface area (Å²) >= 11 is 0. The van der Waals surface area contributed by atoms with Crippen LogP contribution in [0.3, 0.4) is 0 Å². The molecule has 5 heteroatoms. The molecule has 16 heavy (non-hydrogen) atoms. The second-order valence-corrected chi connectivity index (χ2v) is 5.48. The summed E-state index contributed by atoms with van der Waals surface area (Å²) < 4.78 is 17.6. The van der Waals surface area contributed by atoms with Crippen LogP contribution in [0.15, 0.2) is 0 Å². The minimum absolute atomic E-state index is 0.0441. The molecule has 0 spiro atoms. The number of hydrogen-bond acceptors (Lipinski definition) is 5. The van der Waals surface area contributed by atoms with Gasteiger partial charge in [-0.2, -0.15) is 0 Å². The SMILES string of the molecule is CN1CCNCC1C12OCC(C)(CO1)CO2. The van der Waals surface area contributed by atoms with Gasteiger partial charge in [0.2, 0.25) is 0 Å². The number of ether oxygens (including phenoxy) is 3. The summed E-state index contributed by atoms with van der Waals surface area (Å²) in [5.74, 6) is -0.833. The Morgan fingerprint density at radius 3 is 2.38 bits per heavy atom. The first-order valence-corrected chi connectivity index (χ1v) is 5.96. The predicted molar refractivity (Wildman–Crippen MR) is 58.0 cm³/mol. The van der Waals surface area contributed by atoms with Crippen LogP contribution in [0, 0.1) is 5.41 Å². The van der Waals surface area contributed by atoms with Crippen molar-refractivity contribution < 1.29 is 14.2 Å². The zero-order chi connectivity index (χ0) is 11.2. The van der Waals surface area contributed by atoms with Gasteiger partial charge in [-0.1, -0.05) is 6.92 Å². The molecule has 0 amide bonds. The topological polar surface area (TPSA) is 43.0 Å². The first kappa shape index (κ1) is 10.9. The maximum Gasteiger partial charge on any atom is 0.300 e. The average molecular weight is 228 g/mol. The second kappa shape index (κ2) is 3.65. The molecule has 1 N–H and O–H groups in total. The molecule has 4 fully saturated rings. The molecule has 0 saturated carbocycles. The third-order valence-corrected chi connectivity index (χ3v) is 3.78. The summed E-state index contributed by atoms with van der Waals surface area (Å²) in [6, 6.07) is 0.145. The zero-order valence-electron chi connectivity index (χ0n) is 9.99.